The summed E-state index contributed by atoms with van der Waals surface area (Å²) in [5.74, 6) is 1.57. The Kier molecular flexibility index (Phi) is 5.94. The molecule has 0 aliphatic carbocycles. The van der Waals surface area contributed by atoms with Gasteiger partial charge in [0.2, 0.25) is 0 Å². The highest BCUT2D eigenvalue weighted by Crippen LogP contribution is 2.21. The van der Waals surface area contributed by atoms with Crippen LogP contribution in [0.3, 0.4) is 0 Å². The van der Waals surface area contributed by atoms with Gasteiger partial charge in [-0.05, 0) is 35.7 Å². The van der Waals surface area contributed by atoms with Gasteiger partial charge < -0.3 is 9.64 Å². The molecule has 3 rings (SSSR count). The molecule has 138 valence electrons. The Bertz CT molecular complexity index is 715. The van der Waals surface area contributed by atoms with E-state index < -0.39 is 0 Å². The van der Waals surface area contributed by atoms with Crippen molar-refractivity contribution in [2.75, 3.05) is 44.7 Å². The fraction of sp³-hybridized carbons (Fsp3) is 0.409. The van der Waals surface area contributed by atoms with Crippen LogP contribution in [0.15, 0.2) is 48.5 Å². The first kappa shape index (κ1) is 18.5. The summed E-state index contributed by atoms with van der Waals surface area (Å²) in [5.41, 5.74) is 3.29. The second kappa shape index (κ2) is 8.37. The molecule has 26 heavy (non-hydrogen) atoms. The molecule has 2 aromatic rings. The maximum Gasteiger partial charge on any atom is 0.176 e. The minimum Gasteiger partial charge on any atom is -0.497 e. The summed E-state index contributed by atoms with van der Waals surface area (Å²) in [5, 5.41) is 0. The van der Waals surface area contributed by atoms with E-state index in [1.165, 1.54) is 11.3 Å². The van der Waals surface area contributed by atoms with Gasteiger partial charge in [0.25, 0.3) is 0 Å². The third kappa shape index (κ3) is 4.44. The van der Waals surface area contributed by atoms with E-state index in [4.69, 9.17) is 4.74 Å². The number of carbonyl (C=O) groups is 1. The average Bonchev–Trinajstić information content (AvgIpc) is 2.68. The first-order chi connectivity index (χ1) is 12.6. The van der Waals surface area contributed by atoms with Gasteiger partial charge >= 0.3 is 0 Å². The predicted octanol–water partition coefficient (Wildman–Crippen LogP) is 3.82. The van der Waals surface area contributed by atoms with Gasteiger partial charge in [0.05, 0.1) is 13.7 Å². The average molecular weight is 352 g/mol. The van der Waals surface area contributed by atoms with Crippen molar-refractivity contribution in [3.63, 3.8) is 0 Å². The summed E-state index contributed by atoms with van der Waals surface area (Å²) in [6.07, 6.45) is 0. The molecular formula is C22H28N2O2. The van der Waals surface area contributed by atoms with Gasteiger partial charge in [0, 0.05) is 37.4 Å². The number of anilines is 1. The lowest BCUT2D eigenvalue weighted by Crippen LogP contribution is -2.48. The molecule has 2 aromatic carbocycles. The van der Waals surface area contributed by atoms with Crippen molar-refractivity contribution in [2.24, 2.45) is 0 Å². The maximum atomic E-state index is 12.5. The van der Waals surface area contributed by atoms with Crippen LogP contribution in [-0.2, 0) is 0 Å². The number of benzene rings is 2. The van der Waals surface area contributed by atoms with Crippen molar-refractivity contribution in [3.05, 3.63) is 59.7 Å². The van der Waals surface area contributed by atoms with Crippen LogP contribution in [0.4, 0.5) is 5.69 Å². The highest BCUT2D eigenvalue weighted by Gasteiger charge is 2.20. The first-order valence-corrected chi connectivity index (χ1v) is 9.31. The monoisotopic (exact) mass is 352 g/mol. The summed E-state index contributed by atoms with van der Waals surface area (Å²) >= 11 is 0. The lowest BCUT2D eigenvalue weighted by Gasteiger charge is -2.35. The van der Waals surface area contributed by atoms with E-state index >= 15 is 0 Å². The van der Waals surface area contributed by atoms with Gasteiger partial charge in [0.15, 0.2) is 5.78 Å². The fourth-order valence-corrected chi connectivity index (χ4v) is 3.31. The standard InChI is InChI=1S/C22H28N2O2/c1-17(2)18-4-6-19(7-5-18)22(25)16-23-12-14-24(15-13-23)20-8-10-21(26-3)11-9-20/h4-11,17H,12-16H2,1-3H3. The number of carbonyl (C=O) groups excluding carboxylic acids is 1. The van der Waals surface area contributed by atoms with E-state index in [0.29, 0.717) is 12.5 Å². The molecule has 0 amide bonds. The van der Waals surface area contributed by atoms with Crippen LogP contribution in [0.25, 0.3) is 0 Å². The molecule has 0 aromatic heterocycles. The Morgan fingerprint density at radius 3 is 2.12 bits per heavy atom. The summed E-state index contributed by atoms with van der Waals surface area (Å²) in [4.78, 5) is 17.2. The molecule has 0 atom stereocenters. The molecule has 4 heteroatoms. The number of Topliss-reactive ketones (excluding diaryl/α,β-unsaturated/α-hetero) is 1. The Hall–Kier alpha value is -2.33. The zero-order valence-corrected chi connectivity index (χ0v) is 15.9. The Labute approximate surface area is 156 Å². The Balaban J connectivity index is 1.52. The Morgan fingerprint density at radius 1 is 0.962 bits per heavy atom. The van der Waals surface area contributed by atoms with Crippen molar-refractivity contribution < 1.29 is 9.53 Å². The van der Waals surface area contributed by atoms with Crippen LogP contribution in [-0.4, -0.2) is 50.5 Å². The summed E-state index contributed by atoms with van der Waals surface area (Å²) in [7, 11) is 1.68. The molecule has 1 heterocycles. The third-order valence-corrected chi connectivity index (χ3v) is 5.08. The van der Waals surface area contributed by atoms with Crippen LogP contribution >= 0.6 is 0 Å². The molecule has 0 spiro atoms. The number of nitrogens with zero attached hydrogens (tertiary/aromatic N) is 2. The van der Waals surface area contributed by atoms with Crippen LogP contribution < -0.4 is 9.64 Å². The molecule has 0 N–H and O–H groups in total. The fourth-order valence-electron chi connectivity index (χ4n) is 3.31. The Morgan fingerprint density at radius 2 is 1.58 bits per heavy atom. The molecule has 1 aliphatic heterocycles. The lowest BCUT2D eigenvalue weighted by atomic mass is 10.0. The van der Waals surface area contributed by atoms with Gasteiger partial charge in [-0.1, -0.05) is 38.1 Å². The molecule has 1 aliphatic rings. The van der Waals surface area contributed by atoms with Crippen LogP contribution in [0.2, 0.25) is 0 Å². The number of hydrogen-bond donors (Lipinski definition) is 0. The summed E-state index contributed by atoms with van der Waals surface area (Å²) < 4.78 is 5.22. The minimum absolute atomic E-state index is 0.207. The number of rotatable bonds is 6. The van der Waals surface area contributed by atoms with Gasteiger partial charge in [-0.3, -0.25) is 9.69 Å². The third-order valence-electron chi connectivity index (χ3n) is 5.08. The topological polar surface area (TPSA) is 32.8 Å². The molecule has 0 saturated carbocycles. The van der Waals surface area contributed by atoms with Crippen LogP contribution in [0.1, 0.15) is 35.7 Å². The highest BCUT2D eigenvalue weighted by atomic mass is 16.5. The minimum atomic E-state index is 0.207. The van der Waals surface area contributed by atoms with Gasteiger partial charge in [-0.15, -0.1) is 0 Å². The molecule has 1 saturated heterocycles. The number of hydrogen-bond acceptors (Lipinski definition) is 4. The maximum absolute atomic E-state index is 12.5. The highest BCUT2D eigenvalue weighted by molar-refractivity contribution is 5.97. The number of ether oxygens (including phenoxy) is 1. The smallest absolute Gasteiger partial charge is 0.176 e. The largest absolute Gasteiger partial charge is 0.497 e. The van der Waals surface area contributed by atoms with Crippen molar-refractivity contribution in [3.8, 4) is 5.75 Å². The van der Waals surface area contributed by atoms with Crippen molar-refractivity contribution in [1.82, 2.24) is 4.90 Å². The summed E-state index contributed by atoms with van der Waals surface area (Å²) in [6.45, 7) is 8.51. The van der Waals surface area contributed by atoms with Gasteiger partial charge in [0.1, 0.15) is 5.75 Å². The van der Waals surface area contributed by atoms with Crippen molar-refractivity contribution in [1.29, 1.82) is 0 Å². The second-order valence-corrected chi connectivity index (χ2v) is 7.16. The zero-order valence-electron chi connectivity index (χ0n) is 15.9. The van der Waals surface area contributed by atoms with Crippen LogP contribution in [0.5, 0.6) is 5.75 Å². The van der Waals surface area contributed by atoms with E-state index in [0.717, 1.165) is 37.5 Å². The number of methoxy groups -OCH3 is 1. The van der Waals surface area contributed by atoms with Crippen molar-refractivity contribution >= 4 is 11.5 Å². The molecule has 0 radical (unpaired) electrons. The normalized spacial score (nSPS) is 15.3. The number of ketones is 1. The molecule has 0 unspecified atom stereocenters. The van der Waals surface area contributed by atoms with E-state index in [9.17, 15) is 4.79 Å². The SMILES string of the molecule is COc1ccc(N2CCN(CC(=O)c3ccc(C(C)C)cc3)CC2)cc1. The van der Waals surface area contributed by atoms with Gasteiger partial charge in [-0.2, -0.15) is 0 Å². The molecule has 4 nitrogen and oxygen atoms in total. The number of piperazine rings is 1. The van der Waals surface area contributed by atoms with E-state index in [1.807, 2.05) is 24.3 Å². The first-order valence-electron chi connectivity index (χ1n) is 9.31. The molecular weight excluding hydrogens is 324 g/mol. The second-order valence-electron chi connectivity index (χ2n) is 7.16. The van der Waals surface area contributed by atoms with Crippen molar-refractivity contribution in [2.45, 2.75) is 19.8 Å². The van der Waals surface area contributed by atoms with E-state index in [-0.39, 0.29) is 5.78 Å². The molecule has 1 fully saturated rings. The summed E-state index contributed by atoms with van der Waals surface area (Å²) in [6, 6.07) is 16.2. The zero-order chi connectivity index (χ0) is 18.5. The van der Waals surface area contributed by atoms with Crippen LogP contribution in [0, 0.1) is 0 Å². The van der Waals surface area contributed by atoms with E-state index in [2.05, 4.69) is 47.9 Å². The lowest BCUT2D eigenvalue weighted by molar-refractivity contribution is 0.0926. The quantitative estimate of drug-likeness (QED) is 0.740. The van der Waals surface area contributed by atoms with Gasteiger partial charge in [-0.25, -0.2) is 0 Å². The predicted molar refractivity (Wildman–Crippen MR) is 107 cm³/mol. The van der Waals surface area contributed by atoms with E-state index in [1.54, 1.807) is 7.11 Å². The molecule has 0 bridgehead atoms.